The maximum Gasteiger partial charge on any atom is 0.310 e. The Labute approximate surface area is 72.5 Å². The van der Waals surface area contributed by atoms with E-state index in [0.29, 0.717) is 6.42 Å². The molecule has 0 saturated heterocycles. The molecule has 0 aromatic heterocycles. The maximum atomic E-state index is 10.3. The molecule has 0 saturated carbocycles. The van der Waals surface area contributed by atoms with Crippen molar-refractivity contribution in [3.63, 3.8) is 0 Å². The molecule has 72 valence electrons. The van der Waals surface area contributed by atoms with E-state index in [1.165, 1.54) is 0 Å². The molecule has 4 heteroatoms. The molecular formula is C8H16O4. The van der Waals surface area contributed by atoms with Gasteiger partial charge in [0.15, 0.2) is 0 Å². The third kappa shape index (κ3) is 16.1. The van der Waals surface area contributed by atoms with Gasteiger partial charge in [0.1, 0.15) is 0 Å². The maximum absolute atomic E-state index is 10.3. The van der Waals surface area contributed by atoms with E-state index >= 15 is 0 Å². The van der Waals surface area contributed by atoms with E-state index in [9.17, 15) is 4.79 Å². The second-order valence-electron chi connectivity index (χ2n) is 1.85. The van der Waals surface area contributed by atoms with Gasteiger partial charge in [0.25, 0.3) is 0 Å². The van der Waals surface area contributed by atoms with Crippen LogP contribution in [0.4, 0.5) is 0 Å². The Bertz CT molecular complexity index is 110. The van der Waals surface area contributed by atoms with Crippen LogP contribution in [0.25, 0.3) is 0 Å². The molecule has 0 rings (SSSR count). The average molecular weight is 176 g/mol. The Morgan fingerprint density at radius 2 is 2.00 bits per heavy atom. The lowest BCUT2D eigenvalue weighted by atomic mass is 10.3. The lowest BCUT2D eigenvalue weighted by molar-refractivity contribution is -0.137. The van der Waals surface area contributed by atoms with Crippen molar-refractivity contribution in [3.8, 4) is 0 Å². The van der Waals surface area contributed by atoms with Crippen molar-refractivity contribution < 1.29 is 19.7 Å². The molecule has 0 aliphatic heterocycles. The van der Waals surface area contributed by atoms with Crippen LogP contribution in [0.15, 0.2) is 12.8 Å². The van der Waals surface area contributed by atoms with Crippen molar-refractivity contribution in [1.82, 2.24) is 0 Å². The van der Waals surface area contributed by atoms with Crippen LogP contribution in [0.5, 0.6) is 0 Å². The molecule has 4 nitrogen and oxygen atoms in total. The van der Waals surface area contributed by atoms with Crippen LogP contribution in [0.3, 0.4) is 0 Å². The Kier molecular flexibility index (Phi) is 14.6. The Hall–Kier alpha value is -0.870. The second-order valence-corrected chi connectivity index (χ2v) is 1.85. The molecule has 0 fully saturated rings. The summed E-state index contributed by atoms with van der Waals surface area (Å²) >= 11 is 0. The molecule has 12 heavy (non-hydrogen) atoms. The fourth-order valence-corrected chi connectivity index (χ4v) is 0.356. The quantitative estimate of drug-likeness (QED) is 0.482. The second kappa shape index (κ2) is 12.8. The minimum atomic E-state index is -0.206. The molecule has 2 N–H and O–H groups in total. The summed E-state index contributed by atoms with van der Waals surface area (Å²) in [7, 11) is 0. The normalized spacial score (nSPS) is 7.92. The number of hydrogen-bond acceptors (Lipinski definition) is 4. The van der Waals surface area contributed by atoms with Crippen molar-refractivity contribution in [2.45, 2.75) is 19.8 Å². The van der Waals surface area contributed by atoms with Gasteiger partial charge in [0.2, 0.25) is 0 Å². The predicted octanol–water partition coefficient (Wildman–Crippen LogP) is 0.444. The van der Waals surface area contributed by atoms with E-state index in [4.69, 9.17) is 10.2 Å². The van der Waals surface area contributed by atoms with Gasteiger partial charge in [-0.1, -0.05) is 13.5 Å². The molecule has 0 aromatic carbocycles. The number of esters is 1. The third-order valence-corrected chi connectivity index (χ3v) is 0.769. The molecule has 0 radical (unpaired) electrons. The largest absolute Gasteiger partial charge is 0.435 e. The van der Waals surface area contributed by atoms with E-state index in [2.05, 4.69) is 11.3 Å². The number of aliphatic hydroxyl groups excluding tert-OH is 2. The number of ether oxygens (including phenoxy) is 1. The molecule has 0 atom stereocenters. The van der Waals surface area contributed by atoms with E-state index in [1.54, 1.807) is 0 Å². The van der Waals surface area contributed by atoms with Crippen LogP contribution >= 0.6 is 0 Å². The van der Waals surface area contributed by atoms with Gasteiger partial charge in [0.05, 0.1) is 19.5 Å². The van der Waals surface area contributed by atoms with E-state index in [-0.39, 0.29) is 19.2 Å². The zero-order chi connectivity index (χ0) is 9.82. The molecular weight excluding hydrogens is 160 g/mol. The summed E-state index contributed by atoms with van der Waals surface area (Å²) in [4.78, 5) is 10.3. The summed E-state index contributed by atoms with van der Waals surface area (Å²) in [6, 6.07) is 0. The van der Waals surface area contributed by atoms with Crippen molar-refractivity contribution in [2.75, 3.05) is 13.2 Å². The lowest BCUT2D eigenvalue weighted by Crippen LogP contribution is -1.96. The summed E-state index contributed by atoms with van der Waals surface area (Å²) in [6.45, 7) is 4.91. The molecule has 0 bridgehead atoms. The van der Waals surface area contributed by atoms with Crippen LogP contribution in [0, 0.1) is 0 Å². The highest BCUT2D eigenvalue weighted by atomic mass is 16.5. The molecule has 0 aliphatic rings. The van der Waals surface area contributed by atoms with Crippen LogP contribution in [0.1, 0.15) is 19.8 Å². The number of carbonyl (C=O) groups excluding carboxylic acids is 1. The van der Waals surface area contributed by atoms with Crippen LogP contribution in [-0.4, -0.2) is 29.4 Å². The summed E-state index contributed by atoms with van der Waals surface area (Å²) < 4.78 is 4.41. The Morgan fingerprint density at radius 1 is 1.50 bits per heavy atom. The van der Waals surface area contributed by atoms with Crippen molar-refractivity contribution in [3.05, 3.63) is 12.8 Å². The van der Waals surface area contributed by atoms with E-state index < -0.39 is 0 Å². The van der Waals surface area contributed by atoms with Gasteiger partial charge in [0, 0.05) is 6.42 Å². The van der Waals surface area contributed by atoms with Crippen molar-refractivity contribution >= 4 is 5.97 Å². The fourth-order valence-electron chi connectivity index (χ4n) is 0.356. The first-order chi connectivity index (χ1) is 5.72. The first-order valence-electron chi connectivity index (χ1n) is 3.75. The smallest absolute Gasteiger partial charge is 0.310 e. The zero-order valence-electron chi connectivity index (χ0n) is 7.32. The standard InChI is InChI=1S/C6H10O2.C2H6O2/c1-3-5-6(7)8-4-2;3-1-2-4/h4H,2-3,5H2,1H3;3-4H,1-2H2. The van der Waals surface area contributed by atoms with Gasteiger partial charge in [-0.3, -0.25) is 4.79 Å². The molecule has 0 aliphatic carbocycles. The van der Waals surface area contributed by atoms with Gasteiger partial charge < -0.3 is 14.9 Å². The highest BCUT2D eigenvalue weighted by molar-refractivity contribution is 5.69. The topological polar surface area (TPSA) is 66.8 Å². The first kappa shape index (κ1) is 13.7. The highest BCUT2D eigenvalue weighted by Crippen LogP contribution is 1.89. The van der Waals surface area contributed by atoms with Gasteiger partial charge in [-0.25, -0.2) is 0 Å². The van der Waals surface area contributed by atoms with Gasteiger partial charge in [-0.15, -0.1) is 0 Å². The minimum absolute atomic E-state index is 0.125. The average Bonchev–Trinajstić information content (AvgIpc) is 2.06. The third-order valence-electron chi connectivity index (χ3n) is 0.769. The zero-order valence-corrected chi connectivity index (χ0v) is 7.32. The summed E-state index contributed by atoms with van der Waals surface area (Å²) in [5, 5.41) is 15.2. The number of carbonyl (C=O) groups is 1. The lowest BCUT2D eigenvalue weighted by Gasteiger charge is -1.92. The molecule has 0 spiro atoms. The molecule has 0 amide bonds. The molecule has 0 aromatic rings. The number of rotatable bonds is 4. The highest BCUT2D eigenvalue weighted by Gasteiger charge is 1.94. The summed E-state index contributed by atoms with van der Waals surface area (Å²) in [5.74, 6) is -0.206. The first-order valence-corrected chi connectivity index (χ1v) is 3.75. The number of aliphatic hydroxyl groups is 2. The number of hydrogen-bond donors (Lipinski definition) is 2. The van der Waals surface area contributed by atoms with E-state index in [0.717, 1.165) is 12.7 Å². The van der Waals surface area contributed by atoms with Crippen LogP contribution in [-0.2, 0) is 9.53 Å². The Morgan fingerprint density at radius 3 is 2.25 bits per heavy atom. The van der Waals surface area contributed by atoms with E-state index in [1.807, 2.05) is 6.92 Å². The van der Waals surface area contributed by atoms with Gasteiger partial charge in [-0.2, -0.15) is 0 Å². The van der Waals surface area contributed by atoms with Crippen LogP contribution in [0.2, 0.25) is 0 Å². The Balaban J connectivity index is 0. The minimum Gasteiger partial charge on any atom is -0.435 e. The van der Waals surface area contributed by atoms with Gasteiger partial charge >= 0.3 is 5.97 Å². The van der Waals surface area contributed by atoms with Gasteiger partial charge in [-0.05, 0) is 6.42 Å². The van der Waals surface area contributed by atoms with Crippen molar-refractivity contribution in [1.29, 1.82) is 0 Å². The fraction of sp³-hybridized carbons (Fsp3) is 0.625. The SMILES string of the molecule is C=COC(=O)CCC.OCCO. The summed E-state index contributed by atoms with van der Waals surface area (Å²) in [6.07, 6.45) is 2.46. The monoisotopic (exact) mass is 176 g/mol. The molecule has 0 unspecified atom stereocenters. The summed E-state index contributed by atoms with van der Waals surface area (Å²) in [5.41, 5.74) is 0. The van der Waals surface area contributed by atoms with Crippen LogP contribution < -0.4 is 0 Å². The van der Waals surface area contributed by atoms with Crippen molar-refractivity contribution in [2.24, 2.45) is 0 Å². The molecule has 0 heterocycles. The predicted molar refractivity (Wildman–Crippen MR) is 45.4 cm³/mol.